The Hall–Kier alpha value is -1.46. The van der Waals surface area contributed by atoms with Crippen LogP contribution in [0, 0.1) is 5.92 Å². The summed E-state index contributed by atoms with van der Waals surface area (Å²) < 4.78 is 7.90. The molecule has 2 aromatic heterocycles. The normalized spacial score (nSPS) is 24.3. The van der Waals surface area contributed by atoms with E-state index >= 15 is 0 Å². The van der Waals surface area contributed by atoms with Crippen LogP contribution in [0.1, 0.15) is 37.7 Å². The number of pyridine rings is 1. The highest BCUT2D eigenvalue weighted by atomic mass is 16.5. The molecule has 2 aliphatic heterocycles. The Labute approximate surface area is 131 Å². The lowest BCUT2D eigenvalue weighted by atomic mass is 9.96. The predicted octanol–water partition coefficient (Wildman–Crippen LogP) is 2.62. The lowest BCUT2D eigenvalue weighted by molar-refractivity contribution is 0.0653. The largest absolute Gasteiger partial charge is 0.381 e. The average molecular weight is 300 g/mol. The molecule has 118 valence electrons. The molecule has 2 aliphatic rings. The summed E-state index contributed by atoms with van der Waals surface area (Å²) in [6, 6.07) is 4.07. The Morgan fingerprint density at radius 3 is 2.91 bits per heavy atom. The van der Waals surface area contributed by atoms with Crippen LogP contribution in [0.2, 0.25) is 0 Å². The van der Waals surface area contributed by atoms with Crippen molar-refractivity contribution < 1.29 is 4.74 Å². The van der Waals surface area contributed by atoms with Crippen molar-refractivity contribution in [2.75, 3.05) is 26.8 Å². The highest BCUT2D eigenvalue weighted by Gasteiger charge is 2.28. The van der Waals surface area contributed by atoms with Crippen molar-refractivity contribution in [3.05, 3.63) is 24.2 Å². The van der Waals surface area contributed by atoms with Gasteiger partial charge in [0.1, 0.15) is 11.3 Å². The molecular formula is C17H24N4O. The van der Waals surface area contributed by atoms with Gasteiger partial charge in [0.2, 0.25) is 0 Å². The molecule has 0 bridgehead atoms. The van der Waals surface area contributed by atoms with Crippen LogP contribution in [0.5, 0.6) is 0 Å². The van der Waals surface area contributed by atoms with Crippen LogP contribution in [-0.2, 0) is 11.2 Å². The fourth-order valence-corrected chi connectivity index (χ4v) is 3.86. The Balaban J connectivity index is 1.72. The van der Waals surface area contributed by atoms with Crippen LogP contribution in [0.25, 0.3) is 11.2 Å². The van der Waals surface area contributed by atoms with Crippen LogP contribution in [0.15, 0.2) is 18.3 Å². The highest BCUT2D eigenvalue weighted by molar-refractivity contribution is 5.71. The average Bonchev–Trinajstić information content (AvgIpc) is 3.11. The van der Waals surface area contributed by atoms with Gasteiger partial charge in [-0.15, -0.1) is 0 Å². The maximum Gasteiger partial charge on any atom is 0.161 e. The smallest absolute Gasteiger partial charge is 0.161 e. The minimum atomic E-state index is 0.412. The maximum atomic E-state index is 5.50. The van der Waals surface area contributed by atoms with Gasteiger partial charge in [-0.25, -0.2) is 9.97 Å². The second kappa shape index (κ2) is 5.97. The lowest BCUT2D eigenvalue weighted by Crippen LogP contribution is -2.26. The number of nitrogens with zero attached hydrogens (tertiary/aromatic N) is 4. The molecule has 2 fully saturated rings. The standard InChI is InChI=1S/C17H24N4O/c1-20-9-3-5-16(20)21-15(12-13-6-10-22-11-7-13)19-14-4-2-8-18-17(14)21/h2,4,8,13,16H,3,5-7,9-12H2,1H3. The van der Waals surface area contributed by atoms with Gasteiger partial charge in [0.05, 0.1) is 6.17 Å². The van der Waals surface area contributed by atoms with E-state index in [1.807, 2.05) is 12.3 Å². The van der Waals surface area contributed by atoms with E-state index in [9.17, 15) is 0 Å². The molecule has 0 aromatic carbocycles. The molecule has 1 atom stereocenters. The fraction of sp³-hybridized carbons (Fsp3) is 0.647. The third-order valence-electron chi connectivity index (χ3n) is 5.11. The van der Waals surface area contributed by atoms with Crippen molar-refractivity contribution >= 4 is 11.2 Å². The summed E-state index contributed by atoms with van der Waals surface area (Å²) in [5.41, 5.74) is 2.08. The SMILES string of the molecule is CN1CCCC1n1c(CC2CCOCC2)nc2cccnc21. The van der Waals surface area contributed by atoms with E-state index in [0.717, 1.165) is 50.2 Å². The maximum absolute atomic E-state index is 5.50. The zero-order valence-corrected chi connectivity index (χ0v) is 13.2. The lowest BCUT2D eigenvalue weighted by Gasteiger charge is -2.26. The second-order valence-electron chi connectivity index (χ2n) is 6.61. The molecule has 5 heteroatoms. The van der Waals surface area contributed by atoms with E-state index in [0.29, 0.717) is 12.1 Å². The summed E-state index contributed by atoms with van der Waals surface area (Å²) in [5.74, 6) is 1.90. The van der Waals surface area contributed by atoms with E-state index in [1.54, 1.807) is 0 Å². The number of imidazole rings is 1. The zero-order chi connectivity index (χ0) is 14.9. The molecule has 1 unspecified atom stereocenters. The molecule has 5 nitrogen and oxygen atoms in total. The number of aromatic nitrogens is 3. The summed E-state index contributed by atoms with van der Waals surface area (Å²) in [6.45, 7) is 2.95. The molecule has 0 amide bonds. The monoisotopic (exact) mass is 300 g/mol. The van der Waals surface area contributed by atoms with Crippen molar-refractivity contribution in [2.45, 2.75) is 38.3 Å². The van der Waals surface area contributed by atoms with Gasteiger partial charge in [-0.3, -0.25) is 9.47 Å². The second-order valence-corrected chi connectivity index (χ2v) is 6.61. The minimum absolute atomic E-state index is 0.412. The van der Waals surface area contributed by atoms with Crippen LogP contribution in [0.3, 0.4) is 0 Å². The molecule has 0 N–H and O–H groups in total. The van der Waals surface area contributed by atoms with Crippen LogP contribution in [0.4, 0.5) is 0 Å². The van der Waals surface area contributed by atoms with Crippen molar-refractivity contribution in [3.8, 4) is 0 Å². The molecule has 4 rings (SSSR count). The van der Waals surface area contributed by atoms with E-state index in [2.05, 4.69) is 27.6 Å². The number of fused-ring (bicyclic) bond motifs is 1. The molecular weight excluding hydrogens is 276 g/mol. The third-order valence-corrected chi connectivity index (χ3v) is 5.11. The summed E-state index contributed by atoms with van der Waals surface area (Å²) in [4.78, 5) is 12.0. The van der Waals surface area contributed by atoms with Crippen LogP contribution in [-0.4, -0.2) is 46.2 Å². The number of likely N-dealkylation sites (tertiary alicyclic amines) is 1. The van der Waals surface area contributed by atoms with Crippen molar-refractivity contribution in [1.29, 1.82) is 0 Å². The first kappa shape index (κ1) is 14.2. The van der Waals surface area contributed by atoms with Crippen LogP contribution >= 0.6 is 0 Å². The Morgan fingerprint density at radius 1 is 1.27 bits per heavy atom. The zero-order valence-electron chi connectivity index (χ0n) is 13.2. The predicted molar refractivity (Wildman–Crippen MR) is 85.7 cm³/mol. The summed E-state index contributed by atoms with van der Waals surface area (Å²) in [7, 11) is 2.21. The van der Waals surface area contributed by atoms with Gasteiger partial charge < -0.3 is 4.74 Å². The molecule has 0 aliphatic carbocycles. The Bertz CT molecular complexity index is 647. The first-order valence-electron chi connectivity index (χ1n) is 8.43. The molecule has 0 spiro atoms. The molecule has 22 heavy (non-hydrogen) atoms. The number of ether oxygens (including phenoxy) is 1. The van der Waals surface area contributed by atoms with Gasteiger partial charge in [0.15, 0.2) is 5.65 Å². The minimum Gasteiger partial charge on any atom is -0.381 e. The third kappa shape index (κ3) is 2.52. The molecule has 0 saturated carbocycles. The summed E-state index contributed by atoms with van der Waals surface area (Å²) in [6.07, 6.45) is 8.09. The Morgan fingerprint density at radius 2 is 2.14 bits per heavy atom. The van der Waals surface area contributed by atoms with Gasteiger partial charge in [0.25, 0.3) is 0 Å². The van der Waals surface area contributed by atoms with Crippen molar-refractivity contribution in [3.63, 3.8) is 0 Å². The first-order chi connectivity index (χ1) is 10.8. The number of rotatable bonds is 3. The van der Waals surface area contributed by atoms with E-state index in [1.165, 1.54) is 18.7 Å². The van der Waals surface area contributed by atoms with Gasteiger partial charge in [-0.05, 0) is 57.3 Å². The molecule has 4 heterocycles. The van der Waals surface area contributed by atoms with Gasteiger partial charge in [-0.2, -0.15) is 0 Å². The fourth-order valence-electron chi connectivity index (χ4n) is 3.86. The summed E-state index contributed by atoms with van der Waals surface area (Å²) >= 11 is 0. The van der Waals surface area contributed by atoms with Gasteiger partial charge in [-0.1, -0.05) is 0 Å². The van der Waals surface area contributed by atoms with Crippen molar-refractivity contribution in [1.82, 2.24) is 19.4 Å². The molecule has 2 aromatic rings. The Kier molecular flexibility index (Phi) is 3.84. The number of hydrogen-bond acceptors (Lipinski definition) is 4. The summed E-state index contributed by atoms with van der Waals surface area (Å²) in [5, 5.41) is 0. The van der Waals surface area contributed by atoms with Gasteiger partial charge >= 0.3 is 0 Å². The number of hydrogen-bond donors (Lipinski definition) is 0. The van der Waals surface area contributed by atoms with Crippen LogP contribution < -0.4 is 0 Å². The van der Waals surface area contributed by atoms with E-state index in [-0.39, 0.29) is 0 Å². The quantitative estimate of drug-likeness (QED) is 0.874. The highest BCUT2D eigenvalue weighted by Crippen LogP contribution is 2.31. The van der Waals surface area contributed by atoms with Gasteiger partial charge in [0, 0.05) is 25.8 Å². The van der Waals surface area contributed by atoms with E-state index < -0.39 is 0 Å². The molecule has 0 radical (unpaired) electrons. The molecule has 2 saturated heterocycles. The van der Waals surface area contributed by atoms with E-state index in [4.69, 9.17) is 9.72 Å². The topological polar surface area (TPSA) is 43.2 Å². The van der Waals surface area contributed by atoms with Crippen molar-refractivity contribution in [2.24, 2.45) is 5.92 Å². The first-order valence-corrected chi connectivity index (χ1v) is 8.43.